The molecule has 1 saturated heterocycles. The number of carbonyl (C=O) groups excluding carboxylic acids is 2. The minimum absolute atomic E-state index is 0.129. The van der Waals surface area contributed by atoms with Crippen LogP contribution in [0.3, 0.4) is 0 Å². The molecule has 0 aromatic carbocycles. The molecule has 11 nitrogen and oxygen atoms in total. The van der Waals surface area contributed by atoms with Gasteiger partial charge in [0, 0.05) is 19.5 Å². The normalized spacial score (nSPS) is 26.6. The fourth-order valence-corrected chi connectivity index (χ4v) is 3.69. The van der Waals surface area contributed by atoms with Gasteiger partial charge >= 0.3 is 12.1 Å². The van der Waals surface area contributed by atoms with Gasteiger partial charge in [-0.25, -0.2) is 9.59 Å². The number of ether oxygens (including phenoxy) is 2. The molecule has 2 N–H and O–H groups in total. The van der Waals surface area contributed by atoms with E-state index in [0.29, 0.717) is 18.7 Å². The van der Waals surface area contributed by atoms with Crippen LogP contribution in [0.5, 0.6) is 0 Å². The highest BCUT2D eigenvalue weighted by Crippen LogP contribution is 2.24. The van der Waals surface area contributed by atoms with E-state index in [2.05, 4.69) is 15.6 Å². The molecule has 2 aliphatic rings. The molecule has 166 valence electrons. The quantitative estimate of drug-likeness (QED) is 0.712. The van der Waals surface area contributed by atoms with Gasteiger partial charge in [-0.05, 0) is 25.2 Å². The molecule has 0 saturated carbocycles. The molecule has 2 amide bonds. The van der Waals surface area contributed by atoms with Crippen molar-refractivity contribution in [2.75, 3.05) is 13.2 Å². The van der Waals surface area contributed by atoms with Gasteiger partial charge in [-0.1, -0.05) is 19.1 Å². The summed E-state index contributed by atoms with van der Waals surface area (Å²) in [7, 11) is 0. The SMILES string of the molecule is CC(C)[C@@H]1NC(=O)OCCCCCn2cc(nn2)CO[C@@H]2CC(C(=O)O)N(C2)C1=O. The fraction of sp³-hybridized carbons (Fsp3) is 0.737. The van der Waals surface area contributed by atoms with Gasteiger partial charge in [0.1, 0.15) is 17.8 Å². The van der Waals surface area contributed by atoms with Crippen molar-refractivity contribution in [3.63, 3.8) is 0 Å². The first-order chi connectivity index (χ1) is 14.3. The number of nitrogens with zero attached hydrogens (tertiary/aromatic N) is 4. The lowest BCUT2D eigenvalue weighted by Crippen LogP contribution is -2.54. The van der Waals surface area contributed by atoms with Crippen LogP contribution in [0.4, 0.5) is 4.79 Å². The molecule has 11 heteroatoms. The van der Waals surface area contributed by atoms with Crippen LogP contribution in [0, 0.1) is 5.92 Å². The molecule has 0 radical (unpaired) electrons. The first-order valence-electron chi connectivity index (χ1n) is 10.3. The number of hydrogen-bond donors (Lipinski definition) is 2. The number of nitrogens with one attached hydrogen (secondary N) is 1. The Morgan fingerprint density at radius 1 is 1.30 bits per heavy atom. The van der Waals surface area contributed by atoms with Crippen LogP contribution in [0.2, 0.25) is 0 Å². The van der Waals surface area contributed by atoms with Crippen molar-refractivity contribution < 1.29 is 29.0 Å². The molecule has 3 rings (SSSR count). The molecule has 0 aliphatic carbocycles. The van der Waals surface area contributed by atoms with Gasteiger partial charge in [-0.3, -0.25) is 9.48 Å². The standard InChI is InChI=1S/C19H29N5O6/c1-12(2)16-17(25)24-10-14(8-15(24)18(26)27)30-11-13-9-23(22-21-13)6-4-3-5-7-29-19(28)20-16/h9,12,14-16H,3-8,10-11H2,1-2H3,(H,20,28)(H,26,27)/t14-,15?,16+/m1/s1. The lowest BCUT2D eigenvalue weighted by atomic mass is 10.0. The van der Waals surface area contributed by atoms with Crippen molar-refractivity contribution in [1.29, 1.82) is 0 Å². The number of amides is 2. The number of hydrogen-bond acceptors (Lipinski definition) is 7. The Morgan fingerprint density at radius 2 is 2.10 bits per heavy atom. The lowest BCUT2D eigenvalue weighted by Gasteiger charge is -2.29. The number of carboxylic acids is 1. The topological polar surface area (TPSA) is 136 Å². The molecule has 30 heavy (non-hydrogen) atoms. The number of carboxylic acid groups (broad SMARTS) is 1. The summed E-state index contributed by atoms with van der Waals surface area (Å²) in [6.07, 6.45) is 3.25. The Morgan fingerprint density at radius 3 is 2.83 bits per heavy atom. The predicted molar refractivity (Wildman–Crippen MR) is 103 cm³/mol. The minimum Gasteiger partial charge on any atom is -0.480 e. The molecule has 2 aliphatic heterocycles. The van der Waals surface area contributed by atoms with E-state index in [1.54, 1.807) is 24.7 Å². The highest BCUT2D eigenvalue weighted by atomic mass is 16.5. The summed E-state index contributed by atoms with van der Waals surface area (Å²) in [5.41, 5.74) is 0.656. The fourth-order valence-electron chi connectivity index (χ4n) is 3.69. The summed E-state index contributed by atoms with van der Waals surface area (Å²) >= 11 is 0. The van der Waals surface area contributed by atoms with Crippen LogP contribution < -0.4 is 5.32 Å². The predicted octanol–water partition coefficient (Wildman–Crippen LogP) is 0.784. The largest absolute Gasteiger partial charge is 0.480 e. The second-order valence-corrected chi connectivity index (χ2v) is 8.05. The summed E-state index contributed by atoms with van der Waals surface area (Å²) in [4.78, 5) is 38.3. The maximum absolute atomic E-state index is 13.1. The molecule has 1 aromatic rings. The van der Waals surface area contributed by atoms with Gasteiger partial charge in [0.2, 0.25) is 5.91 Å². The van der Waals surface area contributed by atoms with Crippen LogP contribution in [-0.4, -0.2) is 74.3 Å². The van der Waals surface area contributed by atoms with Crippen molar-refractivity contribution in [3.8, 4) is 0 Å². The van der Waals surface area contributed by atoms with Crippen LogP contribution in [-0.2, 0) is 32.2 Å². The van der Waals surface area contributed by atoms with Gasteiger partial charge in [-0.2, -0.15) is 0 Å². The number of rotatable bonds is 2. The molecule has 3 atom stereocenters. The number of aryl methyl sites for hydroxylation is 1. The molecular formula is C19H29N5O6. The maximum atomic E-state index is 13.1. The van der Waals surface area contributed by atoms with Crippen molar-refractivity contribution in [2.45, 2.75) is 70.9 Å². The summed E-state index contributed by atoms with van der Waals surface area (Å²) in [6, 6.07) is -1.89. The third kappa shape index (κ3) is 5.47. The Labute approximate surface area is 174 Å². The Hall–Kier alpha value is -2.69. The number of aromatic nitrogens is 3. The number of alkyl carbamates (subject to hydrolysis) is 1. The maximum Gasteiger partial charge on any atom is 0.407 e. The van der Waals surface area contributed by atoms with Crippen molar-refractivity contribution >= 4 is 18.0 Å². The van der Waals surface area contributed by atoms with Crippen LogP contribution in [0.25, 0.3) is 0 Å². The zero-order valence-corrected chi connectivity index (χ0v) is 17.3. The Kier molecular flexibility index (Phi) is 7.24. The molecular weight excluding hydrogens is 394 g/mol. The third-order valence-corrected chi connectivity index (χ3v) is 5.35. The van der Waals surface area contributed by atoms with E-state index in [1.807, 2.05) is 0 Å². The van der Waals surface area contributed by atoms with E-state index < -0.39 is 36.2 Å². The average molecular weight is 423 g/mol. The smallest absolute Gasteiger partial charge is 0.407 e. The van der Waals surface area contributed by atoms with E-state index in [9.17, 15) is 19.5 Å². The van der Waals surface area contributed by atoms with Gasteiger partial charge in [0.15, 0.2) is 0 Å². The molecule has 3 heterocycles. The number of carbonyl (C=O) groups is 3. The molecule has 1 aromatic heterocycles. The van der Waals surface area contributed by atoms with Gasteiger partial charge < -0.3 is 24.8 Å². The van der Waals surface area contributed by atoms with E-state index in [4.69, 9.17) is 9.47 Å². The van der Waals surface area contributed by atoms with Crippen LogP contribution in [0.15, 0.2) is 6.20 Å². The van der Waals surface area contributed by atoms with E-state index in [1.165, 1.54) is 4.90 Å². The highest BCUT2D eigenvalue weighted by Gasteiger charge is 2.43. The van der Waals surface area contributed by atoms with Gasteiger partial charge in [0.05, 0.1) is 25.5 Å². The minimum atomic E-state index is -1.10. The van der Waals surface area contributed by atoms with Gasteiger partial charge in [-0.15, -0.1) is 5.10 Å². The first kappa shape index (κ1) is 22.0. The zero-order chi connectivity index (χ0) is 21.7. The molecule has 4 bridgehead atoms. The van der Waals surface area contributed by atoms with E-state index >= 15 is 0 Å². The van der Waals surface area contributed by atoms with Crippen LogP contribution >= 0.6 is 0 Å². The van der Waals surface area contributed by atoms with Crippen molar-refractivity contribution in [2.24, 2.45) is 5.92 Å². The number of cyclic esters (lactones) is 1. The van der Waals surface area contributed by atoms with Crippen molar-refractivity contribution in [1.82, 2.24) is 25.2 Å². The zero-order valence-electron chi connectivity index (χ0n) is 17.3. The first-order valence-corrected chi connectivity index (χ1v) is 10.3. The van der Waals surface area contributed by atoms with Crippen molar-refractivity contribution in [3.05, 3.63) is 11.9 Å². The molecule has 0 spiro atoms. The summed E-state index contributed by atoms with van der Waals surface area (Å²) in [5.74, 6) is -1.79. The summed E-state index contributed by atoms with van der Waals surface area (Å²) in [5, 5.41) is 20.4. The second kappa shape index (κ2) is 9.88. The second-order valence-electron chi connectivity index (χ2n) is 8.05. The third-order valence-electron chi connectivity index (χ3n) is 5.35. The van der Waals surface area contributed by atoms with Gasteiger partial charge in [0.25, 0.3) is 0 Å². The Bertz CT molecular complexity index is 766. The van der Waals surface area contributed by atoms with E-state index in [-0.39, 0.29) is 32.1 Å². The van der Waals surface area contributed by atoms with Crippen LogP contribution in [0.1, 0.15) is 45.2 Å². The number of fused-ring (bicyclic) bond motifs is 4. The van der Waals surface area contributed by atoms with E-state index in [0.717, 1.165) is 12.8 Å². The lowest BCUT2D eigenvalue weighted by molar-refractivity contribution is -0.149. The Balaban J connectivity index is 1.78. The molecule has 1 unspecified atom stereocenters. The molecule has 1 fully saturated rings. The summed E-state index contributed by atoms with van der Waals surface area (Å²) < 4.78 is 12.8. The summed E-state index contributed by atoms with van der Waals surface area (Å²) in [6.45, 7) is 4.84. The number of aliphatic carboxylic acids is 1. The average Bonchev–Trinajstić information content (AvgIpc) is 3.32. The highest BCUT2D eigenvalue weighted by molar-refractivity contribution is 5.90. The monoisotopic (exact) mass is 423 g/mol.